The van der Waals surface area contributed by atoms with Crippen LogP contribution in [-0.2, 0) is 6.18 Å². The van der Waals surface area contributed by atoms with Crippen LogP contribution in [0.5, 0.6) is 0 Å². The van der Waals surface area contributed by atoms with Crippen molar-refractivity contribution in [3.05, 3.63) is 34.7 Å². The number of pyridine rings is 1. The summed E-state index contributed by atoms with van der Waals surface area (Å²) in [7, 11) is 0. The van der Waals surface area contributed by atoms with E-state index in [4.69, 9.17) is 11.6 Å². The van der Waals surface area contributed by atoms with Gasteiger partial charge in [-0.15, -0.1) is 0 Å². The van der Waals surface area contributed by atoms with Gasteiger partial charge in [-0.1, -0.05) is 18.5 Å². The summed E-state index contributed by atoms with van der Waals surface area (Å²) in [4.78, 5) is 3.44. The first-order chi connectivity index (χ1) is 9.34. The number of nitrogens with zero attached hydrogens (tertiary/aromatic N) is 1. The van der Waals surface area contributed by atoms with Crippen molar-refractivity contribution in [3.8, 4) is 0 Å². The van der Waals surface area contributed by atoms with E-state index in [9.17, 15) is 17.6 Å². The Morgan fingerprint density at radius 3 is 2.60 bits per heavy atom. The average Bonchev–Trinajstić information content (AvgIpc) is 2.39. The second-order valence-corrected chi connectivity index (χ2v) is 4.64. The Labute approximate surface area is 117 Å². The topological polar surface area (TPSA) is 24.9 Å². The summed E-state index contributed by atoms with van der Waals surface area (Å²) in [6.45, 7) is 2.27. The lowest BCUT2D eigenvalue weighted by Crippen LogP contribution is -2.11. The zero-order valence-corrected chi connectivity index (χ0v) is 11.2. The van der Waals surface area contributed by atoms with E-state index in [0.717, 1.165) is 12.1 Å². The molecule has 0 aliphatic heterocycles. The second kappa shape index (κ2) is 5.44. The summed E-state index contributed by atoms with van der Waals surface area (Å²) in [5.74, 6) is -0.663. The number of alkyl halides is 3. The Hall–Kier alpha value is -1.56. The first-order valence-corrected chi connectivity index (χ1v) is 6.32. The number of nitrogens with one attached hydrogen (secondary N) is 1. The van der Waals surface area contributed by atoms with E-state index in [1.807, 2.05) is 6.92 Å². The molecule has 0 radical (unpaired) electrons. The third-order valence-corrected chi connectivity index (χ3v) is 3.02. The SMILES string of the molecule is CCCNc1cc(C(F)(F)F)nc2c(Cl)ccc(F)c12. The standard InChI is InChI=1S/C13H11ClF4N2/c1-2-5-19-9-6-10(13(16,17)18)20-12-7(14)3-4-8(15)11(9)12/h3-4,6H,2,5H2,1H3,(H,19,20). The number of fused-ring (bicyclic) bond motifs is 1. The second-order valence-electron chi connectivity index (χ2n) is 4.23. The molecule has 0 atom stereocenters. The molecular weight excluding hydrogens is 296 g/mol. The summed E-state index contributed by atoms with van der Waals surface area (Å²) in [5.41, 5.74) is -1.25. The minimum Gasteiger partial charge on any atom is -0.384 e. The van der Waals surface area contributed by atoms with E-state index in [2.05, 4.69) is 10.3 Å². The van der Waals surface area contributed by atoms with Crippen LogP contribution < -0.4 is 5.32 Å². The molecule has 20 heavy (non-hydrogen) atoms. The molecule has 1 aromatic heterocycles. The molecular formula is C13H11ClF4N2. The summed E-state index contributed by atoms with van der Waals surface area (Å²) in [6.07, 6.45) is -3.93. The van der Waals surface area contributed by atoms with E-state index < -0.39 is 17.7 Å². The van der Waals surface area contributed by atoms with E-state index >= 15 is 0 Å². The smallest absolute Gasteiger partial charge is 0.384 e. The molecule has 7 heteroatoms. The van der Waals surface area contributed by atoms with Crippen molar-refractivity contribution < 1.29 is 17.6 Å². The molecule has 0 aliphatic rings. The Bertz CT molecular complexity index is 640. The number of aromatic nitrogens is 1. The van der Waals surface area contributed by atoms with E-state index in [0.29, 0.717) is 13.0 Å². The molecule has 0 spiro atoms. The van der Waals surface area contributed by atoms with Gasteiger partial charge in [0.15, 0.2) is 0 Å². The molecule has 2 aromatic rings. The van der Waals surface area contributed by atoms with E-state index in [1.54, 1.807) is 0 Å². The molecule has 0 saturated heterocycles. The van der Waals surface area contributed by atoms with Crippen molar-refractivity contribution in [2.45, 2.75) is 19.5 Å². The quantitative estimate of drug-likeness (QED) is 0.818. The first kappa shape index (κ1) is 14.8. The van der Waals surface area contributed by atoms with Gasteiger partial charge in [-0.05, 0) is 24.6 Å². The van der Waals surface area contributed by atoms with Crippen molar-refractivity contribution >= 4 is 28.2 Å². The predicted octanol–water partition coefficient (Wildman–Crippen LogP) is 4.87. The number of hydrogen-bond acceptors (Lipinski definition) is 2. The van der Waals surface area contributed by atoms with Crippen LogP contribution in [0.3, 0.4) is 0 Å². The zero-order valence-electron chi connectivity index (χ0n) is 10.5. The molecule has 2 rings (SSSR count). The maximum absolute atomic E-state index is 13.9. The van der Waals surface area contributed by atoms with Gasteiger partial charge < -0.3 is 5.32 Å². The van der Waals surface area contributed by atoms with Crippen molar-refractivity contribution in [2.75, 3.05) is 11.9 Å². The van der Waals surface area contributed by atoms with Gasteiger partial charge in [0.1, 0.15) is 11.5 Å². The molecule has 0 fully saturated rings. The lowest BCUT2D eigenvalue weighted by Gasteiger charge is -2.14. The van der Waals surface area contributed by atoms with Crippen LogP contribution in [0.15, 0.2) is 18.2 Å². The third kappa shape index (κ3) is 2.80. The molecule has 1 N–H and O–H groups in total. The molecule has 108 valence electrons. The maximum Gasteiger partial charge on any atom is 0.433 e. The Balaban J connectivity index is 2.74. The Morgan fingerprint density at radius 2 is 2.00 bits per heavy atom. The number of halogens is 5. The highest BCUT2D eigenvalue weighted by Gasteiger charge is 2.34. The fourth-order valence-electron chi connectivity index (χ4n) is 1.81. The van der Waals surface area contributed by atoms with Crippen LogP contribution in [0.2, 0.25) is 5.02 Å². The third-order valence-electron chi connectivity index (χ3n) is 2.72. The Morgan fingerprint density at radius 1 is 1.30 bits per heavy atom. The van der Waals surface area contributed by atoms with E-state index in [-0.39, 0.29) is 21.6 Å². The van der Waals surface area contributed by atoms with Gasteiger partial charge in [-0.25, -0.2) is 9.37 Å². The Kier molecular flexibility index (Phi) is 4.04. The summed E-state index contributed by atoms with van der Waals surface area (Å²) < 4.78 is 52.3. The van der Waals surface area contributed by atoms with Crippen LogP contribution in [0.25, 0.3) is 10.9 Å². The van der Waals surface area contributed by atoms with Crippen LogP contribution in [0, 0.1) is 5.82 Å². The van der Waals surface area contributed by atoms with Crippen LogP contribution in [-0.4, -0.2) is 11.5 Å². The van der Waals surface area contributed by atoms with Crippen LogP contribution in [0.1, 0.15) is 19.0 Å². The van der Waals surface area contributed by atoms with Crippen LogP contribution >= 0.6 is 11.6 Å². The summed E-state index contributed by atoms with van der Waals surface area (Å²) in [6, 6.07) is 3.10. The highest BCUT2D eigenvalue weighted by Crippen LogP contribution is 2.36. The van der Waals surface area contributed by atoms with Crippen molar-refractivity contribution in [1.82, 2.24) is 4.98 Å². The van der Waals surface area contributed by atoms with Crippen molar-refractivity contribution in [2.24, 2.45) is 0 Å². The van der Waals surface area contributed by atoms with Crippen LogP contribution in [0.4, 0.5) is 23.2 Å². The molecule has 0 unspecified atom stereocenters. The molecule has 0 aliphatic carbocycles. The number of rotatable bonds is 3. The summed E-state index contributed by atoms with van der Waals surface area (Å²) >= 11 is 5.83. The number of hydrogen-bond donors (Lipinski definition) is 1. The molecule has 1 aromatic carbocycles. The van der Waals surface area contributed by atoms with Gasteiger partial charge in [0, 0.05) is 12.2 Å². The van der Waals surface area contributed by atoms with Gasteiger partial charge in [0.25, 0.3) is 0 Å². The molecule has 2 nitrogen and oxygen atoms in total. The maximum atomic E-state index is 13.9. The van der Waals surface area contributed by atoms with Gasteiger partial charge >= 0.3 is 6.18 Å². The first-order valence-electron chi connectivity index (χ1n) is 5.94. The number of anilines is 1. The monoisotopic (exact) mass is 306 g/mol. The highest BCUT2D eigenvalue weighted by molar-refractivity contribution is 6.35. The molecule has 0 saturated carbocycles. The lowest BCUT2D eigenvalue weighted by atomic mass is 10.1. The fraction of sp³-hybridized carbons (Fsp3) is 0.308. The fourth-order valence-corrected chi connectivity index (χ4v) is 2.01. The van der Waals surface area contributed by atoms with Crippen molar-refractivity contribution in [1.29, 1.82) is 0 Å². The normalized spacial score (nSPS) is 11.9. The van der Waals surface area contributed by atoms with Crippen molar-refractivity contribution in [3.63, 3.8) is 0 Å². The lowest BCUT2D eigenvalue weighted by molar-refractivity contribution is -0.140. The molecule has 0 bridgehead atoms. The van der Waals surface area contributed by atoms with E-state index in [1.165, 1.54) is 6.07 Å². The minimum atomic E-state index is -4.62. The minimum absolute atomic E-state index is 0.0213. The zero-order chi connectivity index (χ0) is 14.9. The van der Waals surface area contributed by atoms with Gasteiger partial charge in [-0.2, -0.15) is 13.2 Å². The predicted molar refractivity (Wildman–Crippen MR) is 70.5 cm³/mol. The molecule has 0 amide bonds. The van der Waals surface area contributed by atoms with Gasteiger partial charge in [0.2, 0.25) is 0 Å². The number of benzene rings is 1. The largest absolute Gasteiger partial charge is 0.433 e. The highest BCUT2D eigenvalue weighted by atomic mass is 35.5. The van der Waals surface area contributed by atoms with Gasteiger partial charge in [-0.3, -0.25) is 0 Å². The molecule has 1 heterocycles. The average molecular weight is 307 g/mol. The van der Waals surface area contributed by atoms with Gasteiger partial charge in [0.05, 0.1) is 15.9 Å². The summed E-state index contributed by atoms with van der Waals surface area (Å²) in [5, 5.41) is 2.73.